The van der Waals surface area contributed by atoms with Crippen LogP contribution in [0, 0.1) is 0 Å². The van der Waals surface area contributed by atoms with Gasteiger partial charge in [-0.25, -0.2) is 0 Å². The number of fused-ring (bicyclic) bond motifs is 1. The highest BCUT2D eigenvalue weighted by atomic mass is 16.5. The Morgan fingerprint density at radius 3 is 2.67 bits per heavy atom. The number of aliphatic hydroxyl groups excluding tert-OH is 1. The minimum atomic E-state index is -0.329. The molecule has 0 aliphatic rings. The van der Waals surface area contributed by atoms with Gasteiger partial charge in [0.25, 0.3) is 0 Å². The van der Waals surface area contributed by atoms with E-state index in [1.165, 1.54) is 6.26 Å². The van der Waals surface area contributed by atoms with Gasteiger partial charge in [-0.05, 0) is 17.7 Å². The van der Waals surface area contributed by atoms with Crippen molar-refractivity contribution in [3.63, 3.8) is 0 Å². The van der Waals surface area contributed by atoms with Gasteiger partial charge < -0.3 is 14.3 Å². The van der Waals surface area contributed by atoms with Gasteiger partial charge in [-0.15, -0.1) is 0 Å². The van der Waals surface area contributed by atoms with Crippen LogP contribution >= 0.6 is 0 Å². The summed E-state index contributed by atoms with van der Waals surface area (Å²) in [6.07, 6.45) is 1.28. The summed E-state index contributed by atoms with van der Waals surface area (Å²) in [5.41, 5.74) is 1.55. The zero-order chi connectivity index (χ0) is 14.7. The fourth-order valence-corrected chi connectivity index (χ4v) is 2.09. The number of hydrogen-bond acceptors (Lipinski definition) is 4. The molecule has 2 aromatic carbocycles. The molecule has 0 amide bonds. The van der Waals surface area contributed by atoms with Gasteiger partial charge in [0.2, 0.25) is 0 Å². The lowest BCUT2D eigenvalue weighted by Gasteiger charge is -2.07. The topological polar surface area (TPSA) is 59.7 Å². The summed E-state index contributed by atoms with van der Waals surface area (Å²) in [5, 5.41) is 9.50. The highest BCUT2D eigenvalue weighted by Gasteiger charge is 2.07. The van der Waals surface area contributed by atoms with Crippen molar-refractivity contribution < 1.29 is 14.3 Å². The molecule has 0 aliphatic heterocycles. The molecule has 0 bridgehead atoms. The first kappa shape index (κ1) is 13.4. The molecule has 0 aliphatic carbocycles. The summed E-state index contributed by atoms with van der Waals surface area (Å²) in [4.78, 5) is 12.0. The monoisotopic (exact) mass is 282 g/mol. The van der Waals surface area contributed by atoms with Crippen LogP contribution in [0.25, 0.3) is 11.0 Å². The molecule has 0 saturated heterocycles. The molecule has 3 aromatic rings. The third kappa shape index (κ3) is 2.80. The Morgan fingerprint density at radius 2 is 1.90 bits per heavy atom. The predicted molar refractivity (Wildman–Crippen MR) is 79.2 cm³/mol. The normalized spacial score (nSPS) is 10.7. The van der Waals surface area contributed by atoms with E-state index >= 15 is 0 Å². The summed E-state index contributed by atoms with van der Waals surface area (Å²) in [5.74, 6) is 0.631. The number of rotatable bonds is 4. The first-order chi connectivity index (χ1) is 10.3. The van der Waals surface area contributed by atoms with Crippen molar-refractivity contribution in [1.29, 1.82) is 0 Å². The number of hydrogen-bond donors (Lipinski definition) is 1. The molecule has 1 heterocycles. The fourth-order valence-electron chi connectivity index (χ4n) is 2.09. The van der Waals surface area contributed by atoms with Crippen molar-refractivity contribution in [2.45, 2.75) is 13.2 Å². The molecule has 0 radical (unpaired) electrons. The van der Waals surface area contributed by atoms with Gasteiger partial charge in [-0.2, -0.15) is 0 Å². The molecule has 21 heavy (non-hydrogen) atoms. The van der Waals surface area contributed by atoms with Gasteiger partial charge in [-0.3, -0.25) is 4.79 Å². The second kappa shape index (κ2) is 5.81. The maximum atomic E-state index is 12.0. The van der Waals surface area contributed by atoms with Gasteiger partial charge in [0.1, 0.15) is 24.2 Å². The summed E-state index contributed by atoms with van der Waals surface area (Å²) in [7, 11) is 0. The average molecular weight is 282 g/mol. The SMILES string of the molecule is O=c1c(CO)coc2cc(OCc3ccccc3)ccc12. The van der Waals surface area contributed by atoms with Crippen LogP contribution in [0.2, 0.25) is 0 Å². The van der Waals surface area contributed by atoms with E-state index < -0.39 is 0 Å². The summed E-state index contributed by atoms with van der Waals surface area (Å²) in [6, 6.07) is 14.9. The molecule has 1 aromatic heterocycles. The van der Waals surface area contributed by atoms with E-state index in [9.17, 15) is 4.79 Å². The van der Waals surface area contributed by atoms with E-state index in [0.717, 1.165) is 5.56 Å². The molecule has 0 spiro atoms. The molecule has 3 rings (SSSR count). The lowest BCUT2D eigenvalue weighted by molar-refractivity contribution is 0.277. The maximum Gasteiger partial charge on any atom is 0.198 e. The maximum absolute atomic E-state index is 12.0. The van der Waals surface area contributed by atoms with Gasteiger partial charge in [0.05, 0.1) is 17.6 Å². The minimum Gasteiger partial charge on any atom is -0.489 e. The summed E-state index contributed by atoms with van der Waals surface area (Å²) in [6.45, 7) is 0.121. The van der Waals surface area contributed by atoms with Crippen LogP contribution in [0.1, 0.15) is 11.1 Å². The minimum absolute atomic E-state index is 0.214. The lowest BCUT2D eigenvalue weighted by Crippen LogP contribution is -2.08. The molecule has 1 N–H and O–H groups in total. The number of benzene rings is 2. The van der Waals surface area contributed by atoms with Crippen LogP contribution in [-0.4, -0.2) is 5.11 Å². The van der Waals surface area contributed by atoms with Crippen LogP contribution in [-0.2, 0) is 13.2 Å². The van der Waals surface area contributed by atoms with Crippen molar-refractivity contribution in [3.8, 4) is 5.75 Å². The largest absolute Gasteiger partial charge is 0.489 e. The molecule has 0 unspecified atom stereocenters. The Hall–Kier alpha value is -2.59. The molecular formula is C17H14O4. The summed E-state index contributed by atoms with van der Waals surface area (Å²) < 4.78 is 11.1. The highest BCUT2D eigenvalue weighted by Crippen LogP contribution is 2.20. The van der Waals surface area contributed by atoms with Crippen molar-refractivity contribution in [2.24, 2.45) is 0 Å². The van der Waals surface area contributed by atoms with Crippen molar-refractivity contribution in [2.75, 3.05) is 0 Å². The van der Waals surface area contributed by atoms with E-state index in [1.54, 1.807) is 18.2 Å². The predicted octanol–water partition coefficient (Wildman–Crippen LogP) is 2.86. The molecule has 106 valence electrons. The smallest absolute Gasteiger partial charge is 0.198 e. The molecule has 4 heteroatoms. The molecule has 0 fully saturated rings. The molecule has 0 atom stereocenters. The Labute approximate surface area is 121 Å². The van der Waals surface area contributed by atoms with Gasteiger partial charge in [-0.1, -0.05) is 30.3 Å². The van der Waals surface area contributed by atoms with Crippen molar-refractivity contribution in [3.05, 3.63) is 76.1 Å². The van der Waals surface area contributed by atoms with Gasteiger partial charge in [0.15, 0.2) is 5.43 Å². The zero-order valence-electron chi connectivity index (χ0n) is 11.3. The average Bonchev–Trinajstić information content (AvgIpc) is 2.54. The first-order valence-corrected chi connectivity index (χ1v) is 6.60. The molecule has 0 saturated carbocycles. The fraction of sp³-hybridized carbons (Fsp3) is 0.118. The van der Waals surface area contributed by atoms with Crippen molar-refractivity contribution >= 4 is 11.0 Å². The standard InChI is InChI=1S/C17H14O4/c18-9-13-11-21-16-8-14(6-7-15(16)17(13)19)20-10-12-4-2-1-3-5-12/h1-8,11,18H,9-10H2. The highest BCUT2D eigenvalue weighted by molar-refractivity contribution is 5.78. The Kier molecular flexibility index (Phi) is 3.71. The zero-order valence-corrected chi connectivity index (χ0v) is 11.3. The van der Waals surface area contributed by atoms with E-state index in [1.807, 2.05) is 30.3 Å². The molecule has 4 nitrogen and oxygen atoms in total. The third-order valence-electron chi connectivity index (χ3n) is 3.24. The third-order valence-corrected chi connectivity index (χ3v) is 3.24. The van der Waals surface area contributed by atoms with Gasteiger partial charge >= 0.3 is 0 Å². The lowest BCUT2D eigenvalue weighted by atomic mass is 10.2. The van der Waals surface area contributed by atoms with Gasteiger partial charge in [0, 0.05) is 6.07 Å². The van der Waals surface area contributed by atoms with E-state index in [2.05, 4.69) is 0 Å². The van der Waals surface area contributed by atoms with Crippen LogP contribution in [0.15, 0.2) is 64.0 Å². The second-order valence-corrected chi connectivity index (χ2v) is 4.68. The van der Waals surface area contributed by atoms with E-state index in [-0.39, 0.29) is 17.6 Å². The van der Waals surface area contributed by atoms with E-state index in [4.69, 9.17) is 14.3 Å². The van der Waals surface area contributed by atoms with Crippen molar-refractivity contribution in [1.82, 2.24) is 0 Å². The Balaban J connectivity index is 1.86. The Morgan fingerprint density at radius 1 is 1.10 bits per heavy atom. The van der Waals surface area contributed by atoms with Crippen LogP contribution in [0.5, 0.6) is 5.75 Å². The van der Waals surface area contributed by atoms with E-state index in [0.29, 0.717) is 23.3 Å². The quantitative estimate of drug-likeness (QED) is 0.799. The second-order valence-electron chi connectivity index (χ2n) is 4.68. The number of ether oxygens (including phenoxy) is 1. The van der Waals surface area contributed by atoms with Crippen LogP contribution < -0.4 is 10.2 Å². The van der Waals surface area contributed by atoms with Crippen LogP contribution in [0.4, 0.5) is 0 Å². The molecular weight excluding hydrogens is 268 g/mol. The Bertz CT molecular complexity index is 806. The van der Waals surface area contributed by atoms with Crippen LogP contribution in [0.3, 0.4) is 0 Å². The summed E-state index contributed by atoms with van der Waals surface area (Å²) >= 11 is 0. The number of aliphatic hydroxyl groups is 1. The first-order valence-electron chi connectivity index (χ1n) is 6.60.